The summed E-state index contributed by atoms with van der Waals surface area (Å²) in [4.78, 5) is 33.3. The average molecular weight is 377 g/mol. The van der Waals surface area contributed by atoms with Crippen LogP contribution >= 0.6 is 0 Å². The van der Waals surface area contributed by atoms with E-state index in [-0.39, 0.29) is 30.3 Å². The smallest absolute Gasteiger partial charge is 0.237 e. The lowest BCUT2D eigenvalue weighted by atomic mass is 10.1. The van der Waals surface area contributed by atoms with Crippen LogP contribution in [0.5, 0.6) is 0 Å². The lowest BCUT2D eigenvalue weighted by Gasteiger charge is -2.23. The van der Waals surface area contributed by atoms with E-state index in [0.717, 1.165) is 35.9 Å². The van der Waals surface area contributed by atoms with Crippen molar-refractivity contribution in [1.29, 1.82) is 5.26 Å². The third kappa shape index (κ3) is 3.69. The number of nitrogens with zero attached hydrogens (tertiary/aromatic N) is 4. The molecule has 0 saturated carbocycles. The highest BCUT2D eigenvalue weighted by Gasteiger charge is 2.33. The summed E-state index contributed by atoms with van der Waals surface area (Å²) in [5.74, 6) is -0.183. The third-order valence-electron chi connectivity index (χ3n) is 5.63. The van der Waals surface area contributed by atoms with Crippen molar-refractivity contribution < 1.29 is 9.59 Å². The lowest BCUT2D eigenvalue weighted by Crippen LogP contribution is -2.42. The van der Waals surface area contributed by atoms with Gasteiger partial charge in [-0.05, 0) is 37.9 Å². The molecule has 28 heavy (non-hydrogen) atoms. The molecule has 1 unspecified atom stereocenters. The second-order valence-electron chi connectivity index (χ2n) is 7.46. The first-order valence-electron chi connectivity index (χ1n) is 9.72. The van der Waals surface area contributed by atoms with E-state index in [0.29, 0.717) is 19.6 Å². The summed E-state index contributed by atoms with van der Waals surface area (Å²) in [7, 11) is 0. The molecular formula is C21H23N5O2. The van der Waals surface area contributed by atoms with Gasteiger partial charge in [0.15, 0.2) is 0 Å². The number of likely N-dealkylation sites (tertiary alicyclic amines) is 2. The van der Waals surface area contributed by atoms with Gasteiger partial charge in [0.25, 0.3) is 0 Å². The van der Waals surface area contributed by atoms with Gasteiger partial charge in [0.2, 0.25) is 11.8 Å². The lowest BCUT2D eigenvalue weighted by molar-refractivity contribution is -0.132. The van der Waals surface area contributed by atoms with Crippen molar-refractivity contribution in [1.82, 2.24) is 14.8 Å². The predicted octanol–water partition coefficient (Wildman–Crippen LogP) is 2.01. The van der Waals surface area contributed by atoms with Crippen LogP contribution in [-0.2, 0) is 9.59 Å². The molecule has 2 aliphatic heterocycles. The first-order valence-corrected chi connectivity index (χ1v) is 9.72. The van der Waals surface area contributed by atoms with Crippen LogP contribution in [0.25, 0.3) is 10.9 Å². The Balaban J connectivity index is 1.35. The van der Waals surface area contributed by atoms with Gasteiger partial charge >= 0.3 is 0 Å². The number of anilines is 1. The Bertz CT molecular complexity index is 933. The minimum Gasteiger partial charge on any atom is -0.326 e. The molecule has 0 bridgehead atoms. The molecular weight excluding hydrogens is 354 g/mol. The fourth-order valence-corrected chi connectivity index (χ4v) is 4.11. The van der Waals surface area contributed by atoms with Crippen molar-refractivity contribution in [2.45, 2.75) is 25.3 Å². The molecule has 2 aromatic rings. The van der Waals surface area contributed by atoms with Crippen LogP contribution < -0.4 is 5.32 Å². The first kappa shape index (κ1) is 18.4. The molecule has 3 heterocycles. The molecule has 7 heteroatoms. The zero-order chi connectivity index (χ0) is 19.5. The highest BCUT2D eigenvalue weighted by molar-refractivity contribution is 6.01. The van der Waals surface area contributed by atoms with E-state index in [4.69, 9.17) is 5.26 Å². The van der Waals surface area contributed by atoms with Gasteiger partial charge in [-0.15, -0.1) is 0 Å². The van der Waals surface area contributed by atoms with E-state index >= 15 is 0 Å². The Morgan fingerprint density at radius 1 is 1.21 bits per heavy atom. The normalized spacial score (nSPS) is 22.3. The Morgan fingerprint density at radius 3 is 2.93 bits per heavy atom. The van der Waals surface area contributed by atoms with Crippen molar-refractivity contribution in [3.8, 4) is 6.07 Å². The average Bonchev–Trinajstić information content (AvgIpc) is 3.37. The van der Waals surface area contributed by atoms with Crippen molar-refractivity contribution in [3.63, 3.8) is 0 Å². The fraction of sp³-hybridized carbons (Fsp3) is 0.429. The molecule has 0 radical (unpaired) electrons. The molecule has 0 spiro atoms. The number of nitriles is 1. The number of rotatable bonds is 4. The standard InChI is InChI=1S/C21H23N5O2/c22-12-16-4-3-10-26(16)20(27)14-25-11-8-15(13-25)21(28)24-19-7-9-23-18-6-2-1-5-17(18)19/h1-2,5-7,9,15-16H,3-4,8,10-11,13-14H2,(H,23,24,28)/t15-,16?/m1/s1. The fourth-order valence-electron chi connectivity index (χ4n) is 4.11. The molecule has 7 nitrogen and oxygen atoms in total. The monoisotopic (exact) mass is 377 g/mol. The Morgan fingerprint density at radius 2 is 2.07 bits per heavy atom. The summed E-state index contributed by atoms with van der Waals surface area (Å²) in [6.45, 7) is 2.21. The second-order valence-corrected chi connectivity index (χ2v) is 7.46. The first-order chi connectivity index (χ1) is 13.7. The van der Waals surface area contributed by atoms with Crippen LogP contribution in [0.3, 0.4) is 0 Å². The quantitative estimate of drug-likeness (QED) is 0.880. The highest BCUT2D eigenvalue weighted by atomic mass is 16.2. The number of hydrogen-bond acceptors (Lipinski definition) is 5. The molecule has 4 rings (SSSR count). The van der Waals surface area contributed by atoms with Gasteiger partial charge in [0.1, 0.15) is 6.04 Å². The number of fused-ring (bicyclic) bond motifs is 1. The molecule has 1 aromatic carbocycles. The molecule has 144 valence electrons. The molecule has 2 aliphatic rings. The largest absolute Gasteiger partial charge is 0.326 e. The maximum atomic E-state index is 12.7. The summed E-state index contributed by atoms with van der Waals surface area (Å²) in [6, 6.07) is 11.4. The SMILES string of the molecule is N#CC1CCCN1C(=O)CN1CC[C@@H](C(=O)Nc2ccnc3ccccc23)C1. The zero-order valence-electron chi connectivity index (χ0n) is 15.7. The number of benzene rings is 1. The van der Waals surface area contributed by atoms with Gasteiger partial charge in [0, 0.05) is 24.7 Å². The van der Waals surface area contributed by atoms with Crippen molar-refractivity contribution in [2.24, 2.45) is 5.92 Å². The Hall–Kier alpha value is -2.98. The van der Waals surface area contributed by atoms with E-state index in [1.54, 1.807) is 11.1 Å². The summed E-state index contributed by atoms with van der Waals surface area (Å²) in [6.07, 6.45) is 4.06. The highest BCUT2D eigenvalue weighted by Crippen LogP contribution is 2.24. The van der Waals surface area contributed by atoms with Crippen molar-refractivity contribution in [3.05, 3.63) is 36.5 Å². The summed E-state index contributed by atoms with van der Waals surface area (Å²) in [5, 5.41) is 13.1. The molecule has 1 aromatic heterocycles. The number of carbonyl (C=O) groups excluding carboxylic acids is 2. The predicted molar refractivity (Wildman–Crippen MR) is 105 cm³/mol. The summed E-state index contributed by atoms with van der Waals surface area (Å²) >= 11 is 0. The molecule has 1 N–H and O–H groups in total. The van der Waals surface area contributed by atoms with Crippen LogP contribution in [-0.4, -0.2) is 58.8 Å². The maximum absolute atomic E-state index is 12.7. The Labute approximate surface area is 163 Å². The molecule has 0 aliphatic carbocycles. The molecule has 2 atom stereocenters. The number of pyridine rings is 1. The van der Waals surface area contributed by atoms with E-state index in [1.807, 2.05) is 35.2 Å². The zero-order valence-corrected chi connectivity index (χ0v) is 15.7. The molecule has 2 fully saturated rings. The number of aromatic nitrogens is 1. The van der Waals surface area contributed by atoms with Crippen molar-refractivity contribution >= 4 is 28.4 Å². The second kappa shape index (κ2) is 7.95. The number of amides is 2. The van der Waals surface area contributed by atoms with Gasteiger partial charge < -0.3 is 10.2 Å². The maximum Gasteiger partial charge on any atom is 0.237 e. The van der Waals surface area contributed by atoms with E-state index in [9.17, 15) is 9.59 Å². The van der Waals surface area contributed by atoms with Crippen molar-refractivity contribution in [2.75, 3.05) is 31.5 Å². The van der Waals surface area contributed by atoms with E-state index < -0.39 is 0 Å². The number of hydrogen-bond donors (Lipinski definition) is 1. The van der Waals surface area contributed by atoms with Crippen LogP contribution in [0.2, 0.25) is 0 Å². The molecule has 2 saturated heterocycles. The summed E-state index contributed by atoms with van der Waals surface area (Å²) < 4.78 is 0. The molecule has 2 amide bonds. The Kier molecular flexibility index (Phi) is 5.22. The van der Waals surface area contributed by atoms with Crippen LogP contribution in [0, 0.1) is 17.2 Å². The third-order valence-corrected chi connectivity index (χ3v) is 5.63. The van der Waals surface area contributed by atoms with Gasteiger partial charge in [-0.1, -0.05) is 18.2 Å². The van der Waals surface area contributed by atoms with Crippen LogP contribution in [0.4, 0.5) is 5.69 Å². The van der Waals surface area contributed by atoms with Crippen LogP contribution in [0.15, 0.2) is 36.5 Å². The van der Waals surface area contributed by atoms with Gasteiger partial charge in [-0.2, -0.15) is 5.26 Å². The van der Waals surface area contributed by atoms with E-state index in [1.165, 1.54) is 0 Å². The number of para-hydroxylation sites is 1. The topological polar surface area (TPSA) is 89.3 Å². The van der Waals surface area contributed by atoms with E-state index in [2.05, 4.69) is 16.4 Å². The number of nitrogens with one attached hydrogen (secondary N) is 1. The van der Waals surface area contributed by atoms with Gasteiger partial charge in [-0.25, -0.2) is 0 Å². The number of carbonyl (C=O) groups is 2. The minimum atomic E-state index is -0.297. The minimum absolute atomic E-state index is 0.00904. The van der Waals surface area contributed by atoms with Crippen LogP contribution in [0.1, 0.15) is 19.3 Å². The van der Waals surface area contributed by atoms with Gasteiger partial charge in [0.05, 0.1) is 29.7 Å². The van der Waals surface area contributed by atoms with Gasteiger partial charge in [-0.3, -0.25) is 19.5 Å². The summed E-state index contributed by atoms with van der Waals surface area (Å²) in [5.41, 5.74) is 1.61.